The van der Waals surface area contributed by atoms with Gasteiger partial charge in [-0.2, -0.15) is 0 Å². The maximum Gasteiger partial charge on any atom is 0.141 e. The van der Waals surface area contributed by atoms with Crippen molar-refractivity contribution in [3.8, 4) is 0 Å². The van der Waals surface area contributed by atoms with E-state index in [2.05, 4.69) is 35.4 Å². The first-order chi connectivity index (χ1) is 9.20. The van der Waals surface area contributed by atoms with Crippen LogP contribution in [-0.4, -0.2) is 4.98 Å². The summed E-state index contributed by atoms with van der Waals surface area (Å²) >= 11 is 0. The molecule has 2 aromatic rings. The van der Waals surface area contributed by atoms with Crippen LogP contribution in [0.2, 0.25) is 0 Å². The maximum absolute atomic E-state index is 13.1. The number of hydrogen-bond acceptors (Lipinski definition) is 2. The minimum absolute atomic E-state index is 0.0770. The van der Waals surface area contributed by atoms with Crippen molar-refractivity contribution in [2.45, 2.75) is 32.9 Å². The molecule has 0 spiro atoms. The number of hydrogen-bond donors (Lipinski definition) is 1. The first-order valence-corrected chi connectivity index (χ1v) is 6.61. The Kier molecular flexibility index (Phi) is 4.63. The summed E-state index contributed by atoms with van der Waals surface area (Å²) in [5.74, 6) is -0.292. The van der Waals surface area contributed by atoms with Gasteiger partial charge >= 0.3 is 0 Å². The SMILES string of the molecule is CCc1ccccc1CNC(C)c1cncc(F)c1. The lowest BCUT2D eigenvalue weighted by molar-refractivity contribution is 0.559. The van der Waals surface area contributed by atoms with Crippen molar-refractivity contribution in [3.05, 3.63) is 65.2 Å². The lowest BCUT2D eigenvalue weighted by Gasteiger charge is -2.15. The average molecular weight is 258 g/mol. The van der Waals surface area contributed by atoms with E-state index in [-0.39, 0.29) is 11.9 Å². The molecule has 0 bridgehead atoms. The van der Waals surface area contributed by atoms with Crippen LogP contribution in [0.15, 0.2) is 42.7 Å². The van der Waals surface area contributed by atoms with Gasteiger partial charge in [-0.05, 0) is 36.1 Å². The van der Waals surface area contributed by atoms with Gasteiger partial charge in [-0.25, -0.2) is 4.39 Å². The first-order valence-electron chi connectivity index (χ1n) is 6.61. The quantitative estimate of drug-likeness (QED) is 0.885. The van der Waals surface area contributed by atoms with Gasteiger partial charge in [-0.1, -0.05) is 31.2 Å². The molecular weight excluding hydrogens is 239 g/mol. The molecule has 1 atom stereocenters. The molecular formula is C16H19FN2. The van der Waals surface area contributed by atoms with E-state index in [0.29, 0.717) is 0 Å². The number of nitrogens with zero attached hydrogens (tertiary/aromatic N) is 1. The van der Waals surface area contributed by atoms with E-state index in [0.717, 1.165) is 18.5 Å². The zero-order chi connectivity index (χ0) is 13.7. The van der Waals surface area contributed by atoms with Gasteiger partial charge in [0, 0.05) is 18.8 Å². The van der Waals surface area contributed by atoms with E-state index in [1.807, 2.05) is 13.0 Å². The van der Waals surface area contributed by atoms with Gasteiger partial charge in [0.2, 0.25) is 0 Å². The number of aromatic nitrogens is 1. The summed E-state index contributed by atoms with van der Waals surface area (Å²) < 4.78 is 13.1. The molecule has 2 rings (SSSR count). The summed E-state index contributed by atoms with van der Waals surface area (Å²) in [6, 6.07) is 9.98. The van der Waals surface area contributed by atoms with Crippen molar-refractivity contribution < 1.29 is 4.39 Å². The van der Waals surface area contributed by atoms with Gasteiger partial charge in [0.1, 0.15) is 5.82 Å². The van der Waals surface area contributed by atoms with Crippen LogP contribution in [0.4, 0.5) is 4.39 Å². The van der Waals surface area contributed by atoms with E-state index in [9.17, 15) is 4.39 Å². The van der Waals surface area contributed by atoms with Gasteiger partial charge in [0.05, 0.1) is 6.20 Å². The lowest BCUT2D eigenvalue weighted by atomic mass is 10.0. The first kappa shape index (κ1) is 13.7. The van der Waals surface area contributed by atoms with Crippen molar-refractivity contribution in [2.75, 3.05) is 0 Å². The summed E-state index contributed by atoms with van der Waals surface area (Å²) in [5, 5.41) is 3.41. The van der Waals surface area contributed by atoms with E-state index >= 15 is 0 Å². The zero-order valence-corrected chi connectivity index (χ0v) is 11.4. The Labute approximate surface area is 113 Å². The third-order valence-corrected chi connectivity index (χ3v) is 3.32. The molecule has 0 fully saturated rings. The van der Waals surface area contributed by atoms with Crippen LogP contribution in [-0.2, 0) is 13.0 Å². The highest BCUT2D eigenvalue weighted by atomic mass is 19.1. The van der Waals surface area contributed by atoms with Crippen molar-refractivity contribution in [3.63, 3.8) is 0 Å². The molecule has 1 aromatic heterocycles. The number of nitrogens with one attached hydrogen (secondary N) is 1. The van der Waals surface area contributed by atoms with Crippen LogP contribution in [0, 0.1) is 5.82 Å². The van der Waals surface area contributed by atoms with Crippen LogP contribution < -0.4 is 5.32 Å². The van der Waals surface area contributed by atoms with Gasteiger partial charge < -0.3 is 5.32 Å². The van der Waals surface area contributed by atoms with Gasteiger partial charge in [-0.15, -0.1) is 0 Å². The third-order valence-electron chi connectivity index (χ3n) is 3.32. The maximum atomic E-state index is 13.1. The second-order valence-electron chi connectivity index (χ2n) is 4.66. The molecule has 0 saturated heterocycles. The highest BCUT2D eigenvalue weighted by Crippen LogP contribution is 2.15. The topological polar surface area (TPSA) is 24.9 Å². The van der Waals surface area contributed by atoms with E-state index in [1.54, 1.807) is 6.20 Å². The zero-order valence-electron chi connectivity index (χ0n) is 11.4. The third kappa shape index (κ3) is 3.61. The number of benzene rings is 1. The summed E-state index contributed by atoms with van der Waals surface area (Å²) in [6.45, 7) is 4.95. The van der Waals surface area contributed by atoms with Crippen LogP contribution in [0.5, 0.6) is 0 Å². The molecule has 1 N–H and O–H groups in total. The Bertz CT molecular complexity index is 540. The molecule has 0 aliphatic carbocycles. The van der Waals surface area contributed by atoms with E-state index < -0.39 is 0 Å². The highest BCUT2D eigenvalue weighted by Gasteiger charge is 2.07. The minimum atomic E-state index is -0.292. The monoisotopic (exact) mass is 258 g/mol. The van der Waals surface area contributed by atoms with Crippen LogP contribution in [0.1, 0.15) is 36.6 Å². The molecule has 1 unspecified atom stereocenters. The number of aryl methyl sites for hydroxylation is 1. The molecule has 3 heteroatoms. The normalized spacial score (nSPS) is 12.4. The summed E-state index contributed by atoms with van der Waals surface area (Å²) in [4.78, 5) is 3.88. The Morgan fingerprint density at radius 3 is 2.63 bits per heavy atom. The van der Waals surface area contributed by atoms with Crippen LogP contribution in [0.25, 0.3) is 0 Å². The average Bonchev–Trinajstić information content (AvgIpc) is 2.45. The molecule has 0 saturated carbocycles. The molecule has 0 amide bonds. The standard InChI is InChI=1S/C16H19FN2/c1-3-13-6-4-5-7-14(13)10-19-12(2)15-8-16(17)11-18-9-15/h4-9,11-12,19H,3,10H2,1-2H3. The fourth-order valence-electron chi connectivity index (χ4n) is 2.12. The van der Waals surface area contributed by atoms with Gasteiger partial charge in [0.25, 0.3) is 0 Å². The molecule has 2 nitrogen and oxygen atoms in total. The summed E-state index contributed by atoms with van der Waals surface area (Å²) in [5.41, 5.74) is 3.51. The second kappa shape index (κ2) is 6.43. The Balaban J connectivity index is 2.02. The van der Waals surface area contributed by atoms with E-state index in [4.69, 9.17) is 0 Å². The van der Waals surface area contributed by atoms with Crippen molar-refractivity contribution in [1.29, 1.82) is 0 Å². The minimum Gasteiger partial charge on any atom is -0.306 e. The predicted molar refractivity (Wildman–Crippen MR) is 75.3 cm³/mol. The number of rotatable bonds is 5. The largest absolute Gasteiger partial charge is 0.306 e. The fourth-order valence-corrected chi connectivity index (χ4v) is 2.12. The fraction of sp³-hybridized carbons (Fsp3) is 0.312. The second-order valence-corrected chi connectivity index (χ2v) is 4.66. The smallest absolute Gasteiger partial charge is 0.141 e. The molecule has 19 heavy (non-hydrogen) atoms. The van der Waals surface area contributed by atoms with Crippen molar-refractivity contribution >= 4 is 0 Å². The van der Waals surface area contributed by atoms with Gasteiger partial charge in [-0.3, -0.25) is 4.98 Å². The number of pyridine rings is 1. The lowest BCUT2D eigenvalue weighted by Crippen LogP contribution is -2.19. The summed E-state index contributed by atoms with van der Waals surface area (Å²) in [7, 11) is 0. The molecule has 0 aliphatic heterocycles. The Morgan fingerprint density at radius 1 is 1.21 bits per heavy atom. The predicted octanol–water partition coefficient (Wildman–Crippen LogP) is 3.63. The van der Waals surface area contributed by atoms with Crippen LogP contribution in [0.3, 0.4) is 0 Å². The molecule has 100 valence electrons. The summed E-state index contributed by atoms with van der Waals surface area (Å²) in [6.07, 6.45) is 3.95. The van der Waals surface area contributed by atoms with Crippen LogP contribution >= 0.6 is 0 Å². The molecule has 0 aliphatic rings. The number of halogens is 1. The van der Waals surface area contributed by atoms with Crippen molar-refractivity contribution in [1.82, 2.24) is 10.3 Å². The van der Waals surface area contributed by atoms with Gasteiger partial charge in [0.15, 0.2) is 0 Å². The molecule has 1 heterocycles. The Hall–Kier alpha value is -1.74. The Morgan fingerprint density at radius 2 is 1.95 bits per heavy atom. The van der Waals surface area contributed by atoms with E-state index in [1.165, 1.54) is 23.4 Å². The highest BCUT2D eigenvalue weighted by molar-refractivity contribution is 5.27. The van der Waals surface area contributed by atoms with Crippen molar-refractivity contribution in [2.24, 2.45) is 0 Å². The molecule has 1 aromatic carbocycles. The molecule has 0 radical (unpaired) electrons.